The van der Waals surface area contributed by atoms with Gasteiger partial charge in [0.2, 0.25) is 5.89 Å². The van der Waals surface area contributed by atoms with Crippen molar-refractivity contribution in [2.45, 2.75) is 118 Å². The molecule has 2 saturated heterocycles. The summed E-state index contributed by atoms with van der Waals surface area (Å²) in [6.45, 7) is 19.5. The minimum absolute atomic E-state index is 0.0155. The van der Waals surface area contributed by atoms with Gasteiger partial charge in [-0.05, 0) is 88.3 Å². The predicted molar refractivity (Wildman–Crippen MR) is 254 cm³/mol. The number of rotatable bonds is 7. The van der Waals surface area contributed by atoms with Crippen LogP contribution in [0.25, 0.3) is 33.6 Å². The number of amides is 3. The zero-order valence-electron chi connectivity index (χ0n) is 40.0. The van der Waals surface area contributed by atoms with Crippen molar-refractivity contribution in [1.82, 2.24) is 35.2 Å². The van der Waals surface area contributed by atoms with Crippen LogP contribution in [0.5, 0.6) is 0 Å². The van der Waals surface area contributed by atoms with Gasteiger partial charge in [-0.1, -0.05) is 58.0 Å². The summed E-state index contributed by atoms with van der Waals surface area (Å²) in [6.07, 6.45) is 3.98. The summed E-state index contributed by atoms with van der Waals surface area (Å²) in [4.78, 5) is 68.2. The lowest BCUT2D eigenvalue weighted by Gasteiger charge is -2.36. The van der Waals surface area contributed by atoms with E-state index < -0.39 is 41.1 Å². The first-order valence-corrected chi connectivity index (χ1v) is 23.5. The van der Waals surface area contributed by atoms with Gasteiger partial charge < -0.3 is 38.3 Å². The van der Waals surface area contributed by atoms with E-state index in [9.17, 15) is 19.2 Å². The first-order chi connectivity index (χ1) is 32.0. The number of ether oxygens (including phenoxy) is 3. The van der Waals surface area contributed by atoms with Crippen molar-refractivity contribution in [2.24, 2.45) is 5.41 Å². The van der Waals surface area contributed by atoms with Crippen molar-refractivity contribution >= 4 is 40.7 Å². The first-order valence-electron chi connectivity index (χ1n) is 23.5. The Morgan fingerprint density at radius 3 is 2.49 bits per heavy atom. The predicted octanol–water partition coefficient (Wildman–Crippen LogP) is 8.02. The number of hydrogen-bond donors (Lipinski definition) is 2. The number of nitrogens with one attached hydrogen (secondary N) is 2. The monoisotopic (exact) mass is 916 g/mol. The fourth-order valence-electron chi connectivity index (χ4n) is 9.21. The second kappa shape index (κ2) is 19.4. The van der Waals surface area contributed by atoms with Crippen LogP contribution < -0.4 is 15.6 Å². The molecule has 16 heteroatoms. The zero-order valence-corrected chi connectivity index (χ0v) is 40.0. The molecule has 3 amide bonds. The summed E-state index contributed by atoms with van der Waals surface area (Å²) < 4.78 is 25.8. The smallest absolute Gasteiger partial charge is 0.410 e. The number of anilines is 1. The van der Waals surface area contributed by atoms with Crippen molar-refractivity contribution in [3.05, 3.63) is 89.6 Å². The molecule has 8 rings (SSSR count). The molecule has 6 bridgehead atoms. The number of hydrazine groups is 1. The van der Waals surface area contributed by atoms with Crippen LogP contribution in [0, 0.1) is 5.41 Å². The second-order valence-electron chi connectivity index (χ2n) is 19.9. The Balaban J connectivity index is 1.17. The van der Waals surface area contributed by atoms with E-state index in [1.807, 2.05) is 42.6 Å². The van der Waals surface area contributed by atoms with Gasteiger partial charge in [-0.3, -0.25) is 19.6 Å². The van der Waals surface area contributed by atoms with Crippen LogP contribution in [0.3, 0.4) is 0 Å². The zero-order chi connectivity index (χ0) is 47.6. The van der Waals surface area contributed by atoms with Gasteiger partial charge in [0.1, 0.15) is 30.6 Å². The van der Waals surface area contributed by atoms with Crippen LogP contribution in [0.1, 0.15) is 96.7 Å². The van der Waals surface area contributed by atoms with Gasteiger partial charge in [-0.15, -0.1) is 0 Å². The van der Waals surface area contributed by atoms with E-state index in [2.05, 4.69) is 73.0 Å². The first kappa shape index (κ1) is 47.1. The lowest BCUT2D eigenvalue weighted by molar-refractivity contribution is -0.155. The minimum Gasteiger partial charge on any atom is -0.464 e. The topological polar surface area (TPSA) is 174 Å². The second-order valence-corrected chi connectivity index (χ2v) is 19.9. The molecular weight excluding hydrogens is 853 g/mol. The molecule has 0 spiro atoms. The van der Waals surface area contributed by atoms with E-state index in [0.717, 1.165) is 50.2 Å². The lowest BCUT2D eigenvalue weighted by atomic mass is 9.84. The standard InChI is InChI=1S/C51H64N8O8/c1-9-58-42-18-17-34-24-37(42)39(44(58)38-26-36(28-52-43(38)32(2)3)56-20-22-57(23-21-56)49(63)65-29-33-14-11-10-12-15-33)27-51(7,8)31-66-47(61)40-16-13-19-59(55-40)46(60)41(25-35-30-64-45(34)53-35)54-48(62)67-50(4,5)6/h10-12,14-15,17-18,24,26,28,30,32,40-41,55H,9,13,16,19-23,25,27,29,31H2,1-8H3,(H,54,62)/t40-,41-/m0/s1. The van der Waals surface area contributed by atoms with Crippen LogP contribution in [0.4, 0.5) is 15.3 Å². The summed E-state index contributed by atoms with van der Waals surface area (Å²) in [6, 6.07) is 16.3. The molecule has 16 nitrogen and oxygen atoms in total. The van der Waals surface area contributed by atoms with Crippen LogP contribution in [0.2, 0.25) is 0 Å². The van der Waals surface area contributed by atoms with Crippen LogP contribution >= 0.6 is 0 Å². The molecule has 0 saturated carbocycles. The largest absolute Gasteiger partial charge is 0.464 e. The Morgan fingerprint density at radius 1 is 1.01 bits per heavy atom. The SMILES string of the molecule is CCn1c(-c2cc(N3CCN(C(=O)OCc4ccccc4)CC3)cnc2C(C)C)c2c3cc(ccc31)-c1nc(co1)C[C@H](NC(=O)OC(C)(C)C)C(=O)N1CCC[C@H](N1)C(=O)OCC(C)(C)C2. The van der Waals surface area contributed by atoms with Crippen molar-refractivity contribution in [2.75, 3.05) is 44.2 Å². The number of oxazole rings is 1. The van der Waals surface area contributed by atoms with E-state index in [1.54, 1.807) is 25.7 Å². The number of cyclic esters (lactones) is 1. The molecular formula is C51H64N8O8. The van der Waals surface area contributed by atoms with Crippen LogP contribution in [-0.4, -0.2) is 106 Å². The van der Waals surface area contributed by atoms with E-state index in [1.165, 1.54) is 11.3 Å². The van der Waals surface area contributed by atoms with E-state index in [0.29, 0.717) is 70.1 Å². The number of aromatic nitrogens is 3. The van der Waals surface area contributed by atoms with Gasteiger partial charge in [0.05, 0.1) is 35.6 Å². The fraction of sp³-hybridized carbons (Fsp3) is 0.490. The number of nitrogens with zero attached hydrogens (tertiary/aromatic N) is 6. The molecule has 0 radical (unpaired) electrons. The third kappa shape index (κ3) is 10.7. The van der Waals surface area contributed by atoms with Gasteiger partial charge in [0, 0.05) is 73.1 Å². The normalized spacial score (nSPS) is 19.3. The maximum atomic E-state index is 14.1. The van der Waals surface area contributed by atoms with E-state index in [4.69, 9.17) is 28.6 Å². The summed E-state index contributed by atoms with van der Waals surface area (Å²) >= 11 is 0. The van der Waals surface area contributed by atoms with Gasteiger partial charge >= 0.3 is 18.2 Å². The molecule has 6 heterocycles. The average Bonchev–Trinajstić information content (AvgIpc) is 3.90. The quantitative estimate of drug-likeness (QED) is 0.119. The Hall–Kier alpha value is -6.42. The molecule has 3 aliphatic rings. The van der Waals surface area contributed by atoms with Crippen LogP contribution in [0.15, 0.2) is 71.5 Å². The Bertz CT molecular complexity index is 2610. The average molecular weight is 917 g/mol. The van der Waals surface area contributed by atoms with Crippen molar-refractivity contribution < 1.29 is 37.8 Å². The molecule has 0 aliphatic carbocycles. The maximum absolute atomic E-state index is 14.1. The highest BCUT2D eigenvalue weighted by Crippen LogP contribution is 2.43. The summed E-state index contributed by atoms with van der Waals surface area (Å²) in [7, 11) is 0. The molecule has 67 heavy (non-hydrogen) atoms. The number of aryl methyl sites for hydroxylation is 1. The Labute approximate surface area is 392 Å². The third-order valence-electron chi connectivity index (χ3n) is 12.5. The van der Waals surface area contributed by atoms with E-state index in [-0.39, 0.29) is 31.6 Å². The molecule has 3 aliphatic heterocycles. The number of piperazine rings is 1. The molecule has 2 aromatic carbocycles. The van der Waals surface area contributed by atoms with Gasteiger partial charge in [0.15, 0.2) is 0 Å². The number of alkyl carbamates (subject to hydrolysis) is 1. The Kier molecular flexibility index (Phi) is 13.7. The van der Waals surface area contributed by atoms with Crippen molar-refractivity contribution in [1.29, 1.82) is 0 Å². The molecule has 2 N–H and O–H groups in total. The molecule has 3 aromatic heterocycles. The van der Waals surface area contributed by atoms with Crippen LogP contribution in [-0.2, 0) is 49.8 Å². The number of carbonyl (C=O) groups excluding carboxylic acids is 4. The molecule has 2 fully saturated rings. The van der Waals surface area contributed by atoms with E-state index >= 15 is 0 Å². The number of pyridine rings is 1. The molecule has 356 valence electrons. The molecule has 0 unspecified atom stereocenters. The maximum Gasteiger partial charge on any atom is 0.410 e. The van der Waals surface area contributed by atoms with Gasteiger partial charge in [-0.25, -0.2) is 20.0 Å². The van der Waals surface area contributed by atoms with Crippen molar-refractivity contribution in [3.8, 4) is 22.7 Å². The number of carbonyl (C=O) groups is 4. The summed E-state index contributed by atoms with van der Waals surface area (Å²) in [5.41, 5.74) is 9.98. The number of fused-ring (bicyclic) bond motifs is 6. The van der Waals surface area contributed by atoms with Gasteiger partial charge in [-0.2, -0.15) is 0 Å². The summed E-state index contributed by atoms with van der Waals surface area (Å²) in [5.74, 6) is -0.424. The lowest BCUT2D eigenvalue weighted by Crippen LogP contribution is -2.60. The van der Waals surface area contributed by atoms with Crippen molar-refractivity contribution in [3.63, 3.8) is 0 Å². The van der Waals surface area contributed by atoms with Gasteiger partial charge in [0.25, 0.3) is 5.91 Å². The summed E-state index contributed by atoms with van der Waals surface area (Å²) in [5, 5.41) is 5.14. The molecule has 2 atom stereocenters. The highest BCUT2D eigenvalue weighted by molar-refractivity contribution is 5.95. The Morgan fingerprint density at radius 2 is 1.78 bits per heavy atom. The number of hydrogen-bond acceptors (Lipinski definition) is 12. The minimum atomic E-state index is -1.08. The number of benzene rings is 2. The third-order valence-corrected chi connectivity index (χ3v) is 12.5. The molecule has 5 aromatic rings. The fourth-order valence-corrected chi connectivity index (χ4v) is 9.21. The highest BCUT2D eigenvalue weighted by atomic mass is 16.6. The number of esters is 1. The highest BCUT2D eigenvalue weighted by Gasteiger charge is 2.37.